The highest BCUT2D eigenvalue weighted by atomic mass is 16.6. The summed E-state index contributed by atoms with van der Waals surface area (Å²) in [5, 5.41) is 14.4. The van der Waals surface area contributed by atoms with E-state index in [1.807, 2.05) is 6.92 Å². The molecule has 6 nitrogen and oxygen atoms in total. The molecule has 1 fully saturated rings. The third kappa shape index (κ3) is 2.96. The molecule has 2 atom stereocenters. The smallest absolute Gasteiger partial charge is 0.333 e. The molecule has 0 saturated carbocycles. The largest absolute Gasteiger partial charge is 0.487 e. The van der Waals surface area contributed by atoms with Crippen molar-refractivity contribution in [2.45, 2.75) is 32.4 Å². The number of anilines is 1. The Labute approximate surface area is 111 Å². The van der Waals surface area contributed by atoms with Crippen LogP contribution in [-0.4, -0.2) is 30.3 Å². The Morgan fingerprint density at radius 3 is 2.95 bits per heavy atom. The molecule has 104 valence electrons. The van der Waals surface area contributed by atoms with E-state index in [2.05, 4.69) is 5.32 Å². The fraction of sp³-hybridized carbons (Fsp3) is 0.538. The predicted octanol–water partition coefficient (Wildman–Crippen LogP) is 2.58. The molecule has 1 N–H and O–H groups in total. The molecule has 1 aliphatic rings. The van der Waals surface area contributed by atoms with Gasteiger partial charge < -0.3 is 14.8 Å². The lowest BCUT2D eigenvalue weighted by molar-refractivity contribution is -0.385. The van der Waals surface area contributed by atoms with Crippen LogP contribution in [0.4, 0.5) is 11.4 Å². The Bertz CT molecular complexity index is 464. The molecule has 0 unspecified atom stereocenters. The van der Waals surface area contributed by atoms with Crippen molar-refractivity contribution in [1.29, 1.82) is 0 Å². The van der Waals surface area contributed by atoms with Gasteiger partial charge in [0, 0.05) is 6.61 Å². The lowest BCUT2D eigenvalue weighted by Gasteiger charge is -2.18. The summed E-state index contributed by atoms with van der Waals surface area (Å²) in [5.41, 5.74) is 0.474. The quantitative estimate of drug-likeness (QED) is 0.655. The SMILES string of the molecule is CCOc1cccc(N[C@H]2CCO[C@H]2C)c1[N+](=O)[O-]. The number of nitro benzene ring substituents is 1. The van der Waals surface area contributed by atoms with Crippen molar-refractivity contribution in [3.05, 3.63) is 28.3 Å². The summed E-state index contributed by atoms with van der Waals surface area (Å²) in [4.78, 5) is 10.8. The number of nitrogens with zero attached hydrogens (tertiary/aromatic N) is 1. The van der Waals surface area contributed by atoms with Gasteiger partial charge in [0.2, 0.25) is 0 Å². The number of para-hydroxylation sites is 1. The van der Waals surface area contributed by atoms with Crippen LogP contribution in [0.25, 0.3) is 0 Å². The molecule has 1 heterocycles. The van der Waals surface area contributed by atoms with Crippen LogP contribution in [0.5, 0.6) is 5.75 Å². The maximum Gasteiger partial charge on any atom is 0.333 e. The number of hydrogen-bond donors (Lipinski definition) is 1. The molecule has 0 aromatic heterocycles. The Balaban J connectivity index is 2.28. The van der Waals surface area contributed by atoms with Crippen LogP contribution in [-0.2, 0) is 4.74 Å². The van der Waals surface area contributed by atoms with Gasteiger partial charge in [0.1, 0.15) is 5.69 Å². The molecule has 0 amide bonds. The van der Waals surface area contributed by atoms with Gasteiger partial charge in [-0.05, 0) is 32.4 Å². The number of hydrogen-bond acceptors (Lipinski definition) is 5. The molecule has 1 saturated heterocycles. The van der Waals surface area contributed by atoms with Gasteiger partial charge in [-0.2, -0.15) is 0 Å². The number of nitrogens with one attached hydrogen (secondary N) is 1. The zero-order valence-corrected chi connectivity index (χ0v) is 11.1. The summed E-state index contributed by atoms with van der Waals surface area (Å²) in [6.07, 6.45) is 0.896. The van der Waals surface area contributed by atoms with Crippen molar-refractivity contribution < 1.29 is 14.4 Å². The molecule has 1 aromatic carbocycles. The minimum atomic E-state index is -0.409. The fourth-order valence-electron chi connectivity index (χ4n) is 2.22. The molecular weight excluding hydrogens is 248 g/mol. The van der Waals surface area contributed by atoms with Crippen LogP contribution in [0.15, 0.2) is 18.2 Å². The van der Waals surface area contributed by atoms with Crippen LogP contribution in [0.2, 0.25) is 0 Å². The predicted molar refractivity (Wildman–Crippen MR) is 71.7 cm³/mol. The van der Waals surface area contributed by atoms with Crippen molar-refractivity contribution >= 4 is 11.4 Å². The van der Waals surface area contributed by atoms with E-state index < -0.39 is 4.92 Å². The van der Waals surface area contributed by atoms with E-state index in [9.17, 15) is 10.1 Å². The number of ether oxygens (including phenoxy) is 2. The average Bonchev–Trinajstić information content (AvgIpc) is 2.75. The molecule has 0 bridgehead atoms. The van der Waals surface area contributed by atoms with E-state index in [0.717, 1.165) is 6.42 Å². The van der Waals surface area contributed by atoms with E-state index in [0.29, 0.717) is 24.7 Å². The van der Waals surface area contributed by atoms with Gasteiger partial charge in [-0.3, -0.25) is 10.1 Å². The molecule has 19 heavy (non-hydrogen) atoms. The van der Waals surface area contributed by atoms with Crippen LogP contribution < -0.4 is 10.1 Å². The summed E-state index contributed by atoms with van der Waals surface area (Å²) in [6.45, 7) is 4.84. The van der Waals surface area contributed by atoms with Crippen molar-refractivity contribution in [3.8, 4) is 5.75 Å². The standard InChI is InChI=1S/C13H18N2O4/c1-3-18-12-6-4-5-11(13(12)15(16)17)14-10-7-8-19-9(10)2/h4-6,9-10,14H,3,7-8H2,1-2H3/t9-,10-/m0/s1. The van der Waals surface area contributed by atoms with Crippen molar-refractivity contribution in [2.24, 2.45) is 0 Å². The zero-order chi connectivity index (χ0) is 13.8. The first-order valence-electron chi connectivity index (χ1n) is 6.41. The van der Waals surface area contributed by atoms with E-state index in [4.69, 9.17) is 9.47 Å². The summed E-state index contributed by atoms with van der Waals surface area (Å²) >= 11 is 0. The van der Waals surface area contributed by atoms with E-state index in [1.54, 1.807) is 25.1 Å². The fourth-order valence-corrected chi connectivity index (χ4v) is 2.22. The van der Waals surface area contributed by atoms with Gasteiger partial charge in [0.25, 0.3) is 0 Å². The molecule has 2 rings (SSSR count). The van der Waals surface area contributed by atoms with Crippen molar-refractivity contribution in [3.63, 3.8) is 0 Å². The van der Waals surface area contributed by atoms with Gasteiger partial charge in [-0.25, -0.2) is 0 Å². The second-order valence-corrected chi connectivity index (χ2v) is 4.46. The Morgan fingerprint density at radius 2 is 2.37 bits per heavy atom. The first-order chi connectivity index (χ1) is 9.13. The average molecular weight is 266 g/mol. The summed E-state index contributed by atoms with van der Waals surface area (Å²) in [5.74, 6) is 0.295. The second kappa shape index (κ2) is 5.88. The summed E-state index contributed by atoms with van der Waals surface area (Å²) in [7, 11) is 0. The van der Waals surface area contributed by atoms with E-state index in [1.165, 1.54) is 0 Å². The van der Waals surface area contributed by atoms with Gasteiger partial charge >= 0.3 is 5.69 Å². The van der Waals surface area contributed by atoms with Crippen LogP contribution in [0.1, 0.15) is 20.3 Å². The summed E-state index contributed by atoms with van der Waals surface area (Å²) < 4.78 is 10.8. The highest BCUT2D eigenvalue weighted by Gasteiger charge is 2.28. The highest BCUT2D eigenvalue weighted by molar-refractivity contribution is 5.68. The third-order valence-corrected chi connectivity index (χ3v) is 3.20. The normalized spacial score (nSPS) is 22.2. The Hall–Kier alpha value is -1.82. The molecule has 0 spiro atoms. The van der Waals surface area contributed by atoms with Crippen LogP contribution in [0.3, 0.4) is 0 Å². The van der Waals surface area contributed by atoms with Gasteiger partial charge in [-0.15, -0.1) is 0 Å². The molecular formula is C13H18N2O4. The zero-order valence-electron chi connectivity index (χ0n) is 11.1. The Morgan fingerprint density at radius 1 is 1.58 bits per heavy atom. The van der Waals surface area contributed by atoms with E-state index >= 15 is 0 Å². The molecule has 6 heteroatoms. The minimum absolute atomic E-state index is 0.0107. The van der Waals surface area contributed by atoms with Crippen molar-refractivity contribution in [2.75, 3.05) is 18.5 Å². The van der Waals surface area contributed by atoms with Crippen molar-refractivity contribution in [1.82, 2.24) is 0 Å². The number of benzene rings is 1. The second-order valence-electron chi connectivity index (χ2n) is 4.46. The van der Waals surface area contributed by atoms with Gasteiger partial charge in [-0.1, -0.05) is 6.07 Å². The highest BCUT2D eigenvalue weighted by Crippen LogP contribution is 2.36. The lowest BCUT2D eigenvalue weighted by Crippen LogP contribution is -2.27. The molecule has 1 aliphatic heterocycles. The maximum atomic E-state index is 11.2. The molecule has 1 aromatic rings. The first kappa shape index (κ1) is 13.6. The topological polar surface area (TPSA) is 73.6 Å². The Kier molecular flexibility index (Phi) is 4.21. The van der Waals surface area contributed by atoms with Gasteiger partial charge in [0.15, 0.2) is 5.75 Å². The van der Waals surface area contributed by atoms with E-state index in [-0.39, 0.29) is 17.8 Å². The number of rotatable bonds is 5. The van der Waals surface area contributed by atoms with Crippen LogP contribution in [0, 0.1) is 10.1 Å². The maximum absolute atomic E-state index is 11.2. The molecule has 0 aliphatic carbocycles. The van der Waals surface area contributed by atoms with Crippen LogP contribution >= 0.6 is 0 Å². The van der Waals surface area contributed by atoms with Gasteiger partial charge in [0.05, 0.1) is 23.7 Å². The first-order valence-corrected chi connectivity index (χ1v) is 6.41. The summed E-state index contributed by atoms with van der Waals surface area (Å²) in [6, 6.07) is 5.16. The lowest BCUT2D eigenvalue weighted by atomic mass is 10.1. The molecule has 0 radical (unpaired) electrons. The minimum Gasteiger partial charge on any atom is -0.487 e. The monoisotopic (exact) mass is 266 g/mol. The number of nitro groups is 1. The third-order valence-electron chi connectivity index (χ3n) is 3.20.